The number of ether oxygens (including phenoxy) is 1. The number of hydrogen-bond acceptors (Lipinski definition) is 3. The van der Waals surface area contributed by atoms with Crippen LogP contribution in [0.4, 0.5) is 0 Å². The third-order valence-corrected chi connectivity index (χ3v) is 4.14. The lowest BCUT2D eigenvalue weighted by Gasteiger charge is -2.25. The largest absolute Gasteiger partial charge is 0.480 e. The van der Waals surface area contributed by atoms with E-state index in [-0.39, 0.29) is 11.9 Å². The minimum absolute atomic E-state index is 0.00560. The summed E-state index contributed by atoms with van der Waals surface area (Å²) < 4.78 is 5.23. The molecule has 2 heterocycles. The molecule has 1 aromatic heterocycles. The Morgan fingerprint density at radius 3 is 2.95 bits per heavy atom. The van der Waals surface area contributed by atoms with Crippen LogP contribution in [0, 0.1) is 6.92 Å². The van der Waals surface area contributed by atoms with Gasteiger partial charge in [0.15, 0.2) is 0 Å². The van der Waals surface area contributed by atoms with Crippen molar-refractivity contribution < 1.29 is 9.53 Å². The fourth-order valence-corrected chi connectivity index (χ4v) is 3.10. The quantitative estimate of drug-likeness (QED) is 0.872. The zero-order chi connectivity index (χ0) is 15.5. The van der Waals surface area contributed by atoms with E-state index in [4.69, 9.17) is 4.74 Å². The van der Waals surface area contributed by atoms with E-state index in [0.29, 0.717) is 11.4 Å². The van der Waals surface area contributed by atoms with Crippen LogP contribution in [0.2, 0.25) is 0 Å². The minimum atomic E-state index is -0.00560. The predicted molar refractivity (Wildman–Crippen MR) is 85.0 cm³/mol. The Morgan fingerprint density at radius 2 is 2.18 bits per heavy atom. The van der Waals surface area contributed by atoms with Gasteiger partial charge in [0.05, 0.1) is 13.2 Å². The number of aryl methyl sites for hydroxylation is 1. The monoisotopic (exact) mass is 296 g/mol. The molecule has 1 aliphatic heterocycles. The number of carbonyl (C=O) groups excluding carboxylic acids is 1. The van der Waals surface area contributed by atoms with Crippen LogP contribution < -0.4 is 4.74 Å². The van der Waals surface area contributed by atoms with Gasteiger partial charge in [0, 0.05) is 12.7 Å². The fraction of sp³-hybridized carbons (Fsp3) is 0.333. The topological polar surface area (TPSA) is 42.4 Å². The van der Waals surface area contributed by atoms with Crippen molar-refractivity contribution in [2.75, 3.05) is 13.7 Å². The molecule has 3 rings (SSSR count). The number of nitrogens with zero attached hydrogens (tertiary/aromatic N) is 2. The molecule has 0 aliphatic carbocycles. The first-order valence-electron chi connectivity index (χ1n) is 7.57. The number of amides is 1. The second kappa shape index (κ2) is 6.18. The van der Waals surface area contributed by atoms with Crippen molar-refractivity contribution in [3.05, 3.63) is 59.3 Å². The maximum Gasteiger partial charge on any atom is 0.259 e. The second-order valence-corrected chi connectivity index (χ2v) is 5.63. The van der Waals surface area contributed by atoms with E-state index in [1.807, 2.05) is 4.90 Å². The third kappa shape index (κ3) is 2.69. The molecule has 0 N–H and O–H groups in total. The summed E-state index contributed by atoms with van der Waals surface area (Å²) in [5.74, 6) is 0.386. The van der Waals surface area contributed by atoms with Gasteiger partial charge < -0.3 is 9.64 Å². The summed E-state index contributed by atoms with van der Waals surface area (Å²) in [6.07, 6.45) is 3.66. The van der Waals surface area contributed by atoms with Crippen LogP contribution in [0.3, 0.4) is 0 Å². The molecule has 0 bridgehead atoms. The molecule has 114 valence electrons. The first kappa shape index (κ1) is 14.6. The molecule has 22 heavy (non-hydrogen) atoms. The van der Waals surface area contributed by atoms with Gasteiger partial charge >= 0.3 is 0 Å². The number of benzene rings is 1. The molecule has 1 saturated heterocycles. The minimum Gasteiger partial charge on any atom is -0.480 e. The molecular formula is C18H20N2O2. The number of aromatic nitrogens is 1. The van der Waals surface area contributed by atoms with Crippen molar-refractivity contribution in [1.29, 1.82) is 0 Å². The van der Waals surface area contributed by atoms with Crippen LogP contribution in [0.1, 0.15) is 40.4 Å². The molecule has 1 fully saturated rings. The smallest absolute Gasteiger partial charge is 0.259 e. The summed E-state index contributed by atoms with van der Waals surface area (Å²) in [4.78, 5) is 19.0. The van der Waals surface area contributed by atoms with Crippen molar-refractivity contribution in [3.63, 3.8) is 0 Å². The van der Waals surface area contributed by atoms with Gasteiger partial charge in [0.2, 0.25) is 5.88 Å². The van der Waals surface area contributed by atoms with E-state index in [1.165, 1.54) is 11.1 Å². The van der Waals surface area contributed by atoms with Crippen LogP contribution >= 0.6 is 0 Å². The molecule has 1 unspecified atom stereocenters. The maximum absolute atomic E-state index is 12.9. The van der Waals surface area contributed by atoms with Crippen LogP contribution in [-0.4, -0.2) is 29.4 Å². The fourth-order valence-electron chi connectivity index (χ4n) is 3.10. The highest BCUT2D eigenvalue weighted by atomic mass is 16.5. The van der Waals surface area contributed by atoms with E-state index in [9.17, 15) is 4.79 Å². The van der Waals surface area contributed by atoms with Gasteiger partial charge in [-0.25, -0.2) is 4.98 Å². The zero-order valence-corrected chi connectivity index (χ0v) is 13.0. The molecule has 4 nitrogen and oxygen atoms in total. The van der Waals surface area contributed by atoms with Crippen LogP contribution in [0.25, 0.3) is 0 Å². The summed E-state index contributed by atoms with van der Waals surface area (Å²) >= 11 is 0. The molecule has 0 spiro atoms. The highest BCUT2D eigenvalue weighted by Gasteiger charge is 2.32. The summed E-state index contributed by atoms with van der Waals surface area (Å²) in [7, 11) is 1.54. The Labute approximate surface area is 130 Å². The molecule has 2 aromatic rings. The highest BCUT2D eigenvalue weighted by molar-refractivity contribution is 5.96. The van der Waals surface area contributed by atoms with Crippen molar-refractivity contribution in [3.8, 4) is 5.88 Å². The molecule has 1 amide bonds. The van der Waals surface area contributed by atoms with Crippen LogP contribution in [-0.2, 0) is 0 Å². The van der Waals surface area contributed by atoms with Gasteiger partial charge in [-0.1, -0.05) is 29.8 Å². The van der Waals surface area contributed by atoms with Crippen molar-refractivity contribution in [2.45, 2.75) is 25.8 Å². The standard InChI is InChI=1S/C18H20N2O2/c1-13-6-3-7-14(12-13)16-9-5-11-20(16)18(21)15-8-4-10-19-17(15)22-2/h3-4,6-8,10,12,16H,5,9,11H2,1-2H3. The Bertz CT molecular complexity index is 684. The van der Waals surface area contributed by atoms with E-state index in [2.05, 4.69) is 36.2 Å². The first-order chi connectivity index (χ1) is 10.7. The van der Waals surface area contributed by atoms with Gasteiger partial charge in [0.25, 0.3) is 5.91 Å². The van der Waals surface area contributed by atoms with E-state index < -0.39 is 0 Å². The number of pyridine rings is 1. The molecule has 0 radical (unpaired) electrons. The summed E-state index contributed by atoms with van der Waals surface area (Å²) in [5.41, 5.74) is 2.95. The molecule has 4 heteroatoms. The highest BCUT2D eigenvalue weighted by Crippen LogP contribution is 2.34. The van der Waals surface area contributed by atoms with E-state index in [0.717, 1.165) is 19.4 Å². The molecule has 1 atom stereocenters. The van der Waals surface area contributed by atoms with Crippen molar-refractivity contribution in [2.24, 2.45) is 0 Å². The molecule has 0 saturated carbocycles. The lowest BCUT2D eigenvalue weighted by molar-refractivity contribution is 0.0731. The van der Waals surface area contributed by atoms with E-state index >= 15 is 0 Å². The normalized spacial score (nSPS) is 17.5. The average Bonchev–Trinajstić information content (AvgIpc) is 3.03. The van der Waals surface area contributed by atoms with Gasteiger partial charge in [-0.05, 0) is 37.5 Å². The molecule has 1 aliphatic rings. The van der Waals surface area contributed by atoms with Crippen molar-refractivity contribution in [1.82, 2.24) is 9.88 Å². The number of methoxy groups -OCH3 is 1. The van der Waals surface area contributed by atoms with Crippen LogP contribution in [0.15, 0.2) is 42.6 Å². The SMILES string of the molecule is COc1ncccc1C(=O)N1CCCC1c1cccc(C)c1. The number of carbonyl (C=O) groups is 1. The number of hydrogen-bond donors (Lipinski definition) is 0. The summed E-state index contributed by atoms with van der Waals surface area (Å²) in [6, 6.07) is 12.1. The molecule has 1 aromatic carbocycles. The van der Waals surface area contributed by atoms with Gasteiger partial charge in [-0.2, -0.15) is 0 Å². The number of rotatable bonds is 3. The Balaban J connectivity index is 1.91. The van der Waals surface area contributed by atoms with E-state index in [1.54, 1.807) is 25.4 Å². The number of likely N-dealkylation sites (tertiary alicyclic amines) is 1. The van der Waals surface area contributed by atoms with Gasteiger partial charge in [-0.3, -0.25) is 4.79 Å². The summed E-state index contributed by atoms with van der Waals surface area (Å²) in [6.45, 7) is 2.85. The lowest BCUT2D eigenvalue weighted by Crippen LogP contribution is -2.31. The zero-order valence-electron chi connectivity index (χ0n) is 13.0. The summed E-state index contributed by atoms with van der Waals surface area (Å²) in [5, 5.41) is 0. The van der Waals surface area contributed by atoms with Gasteiger partial charge in [0.1, 0.15) is 5.56 Å². The maximum atomic E-state index is 12.9. The average molecular weight is 296 g/mol. The van der Waals surface area contributed by atoms with Gasteiger partial charge in [-0.15, -0.1) is 0 Å². The third-order valence-electron chi connectivity index (χ3n) is 4.14. The Kier molecular flexibility index (Phi) is 4.09. The molecular weight excluding hydrogens is 276 g/mol. The second-order valence-electron chi connectivity index (χ2n) is 5.63. The predicted octanol–water partition coefficient (Wildman–Crippen LogP) is 3.38. The first-order valence-corrected chi connectivity index (χ1v) is 7.57. The Hall–Kier alpha value is -2.36. The van der Waals surface area contributed by atoms with Crippen molar-refractivity contribution >= 4 is 5.91 Å². The Morgan fingerprint density at radius 1 is 1.32 bits per heavy atom. The van der Waals surface area contributed by atoms with Crippen LogP contribution in [0.5, 0.6) is 5.88 Å². The lowest BCUT2D eigenvalue weighted by atomic mass is 10.0.